The summed E-state index contributed by atoms with van der Waals surface area (Å²) in [7, 11) is -2.05. The first-order chi connectivity index (χ1) is 11.4. The standard InChI is InChI=1S/C17H26N2O4S/c1-4-13(2)17(20)18-15-12-14(8-9-16(15)23-3)24(21,22)19-10-6-5-7-11-19/h8-9,12-13H,4-7,10-11H2,1-3H3,(H,18,20). The molecular formula is C17H26N2O4S. The van der Waals surface area contributed by atoms with Gasteiger partial charge in [0.2, 0.25) is 15.9 Å². The van der Waals surface area contributed by atoms with Gasteiger partial charge >= 0.3 is 0 Å². The number of amides is 1. The van der Waals surface area contributed by atoms with E-state index < -0.39 is 10.0 Å². The number of hydrogen-bond acceptors (Lipinski definition) is 4. The molecule has 0 aromatic heterocycles. The van der Waals surface area contributed by atoms with Gasteiger partial charge in [0.25, 0.3) is 0 Å². The highest BCUT2D eigenvalue weighted by molar-refractivity contribution is 7.89. The SMILES string of the molecule is CCC(C)C(=O)Nc1cc(S(=O)(=O)N2CCCCC2)ccc1OC. The maximum Gasteiger partial charge on any atom is 0.243 e. The van der Waals surface area contributed by atoms with Crippen molar-refractivity contribution in [2.45, 2.75) is 44.4 Å². The lowest BCUT2D eigenvalue weighted by Crippen LogP contribution is -2.35. The van der Waals surface area contributed by atoms with Gasteiger partial charge in [-0.2, -0.15) is 4.31 Å². The third-order valence-corrected chi connectivity index (χ3v) is 6.34. The van der Waals surface area contributed by atoms with Crippen LogP contribution in [-0.4, -0.2) is 38.8 Å². The summed E-state index contributed by atoms with van der Waals surface area (Å²) in [6.45, 7) is 4.85. The Bertz CT molecular complexity index is 682. The Morgan fingerprint density at radius 2 is 1.96 bits per heavy atom. The van der Waals surface area contributed by atoms with E-state index in [1.807, 2.05) is 13.8 Å². The molecule has 1 aromatic carbocycles. The minimum absolute atomic E-state index is 0.150. The lowest BCUT2D eigenvalue weighted by atomic mass is 10.1. The average Bonchev–Trinajstić information content (AvgIpc) is 2.61. The lowest BCUT2D eigenvalue weighted by Gasteiger charge is -2.26. The van der Waals surface area contributed by atoms with Gasteiger partial charge in [-0.1, -0.05) is 20.3 Å². The number of rotatable bonds is 6. The number of benzene rings is 1. The molecule has 1 heterocycles. The topological polar surface area (TPSA) is 75.7 Å². The van der Waals surface area contributed by atoms with Crippen LogP contribution in [0.1, 0.15) is 39.5 Å². The highest BCUT2D eigenvalue weighted by atomic mass is 32.2. The number of sulfonamides is 1. The van der Waals surface area contributed by atoms with Gasteiger partial charge in [0.05, 0.1) is 17.7 Å². The molecule has 1 aliphatic rings. The summed E-state index contributed by atoms with van der Waals surface area (Å²) in [6.07, 6.45) is 3.53. The van der Waals surface area contributed by atoms with Gasteiger partial charge in [0.1, 0.15) is 5.75 Å². The summed E-state index contributed by atoms with van der Waals surface area (Å²) in [5.41, 5.74) is 0.390. The van der Waals surface area contributed by atoms with Crippen LogP contribution in [0.5, 0.6) is 5.75 Å². The summed E-state index contributed by atoms with van der Waals surface area (Å²) < 4.78 is 32.3. The van der Waals surface area contributed by atoms with Crippen LogP contribution in [-0.2, 0) is 14.8 Å². The maximum absolute atomic E-state index is 12.8. The van der Waals surface area contributed by atoms with E-state index in [1.165, 1.54) is 23.5 Å². The van der Waals surface area contributed by atoms with Crippen molar-refractivity contribution in [1.82, 2.24) is 4.31 Å². The number of nitrogens with zero attached hydrogens (tertiary/aromatic N) is 1. The van der Waals surface area contributed by atoms with Gasteiger partial charge in [-0.3, -0.25) is 4.79 Å². The van der Waals surface area contributed by atoms with E-state index in [4.69, 9.17) is 4.74 Å². The molecule has 1 aromatic rings. The molecule has 1 N–H and O–H groups in total. The summed E-state index contributed by atoms with van der Waals surface area (Å²) in [4.78, 5) is 12.3. The normalized spacial score (nSPS) is 17.3. The first-order valence-corrected chi connectivity index (χ1v) is 9.83. The van der Waals surface area contributed by atoms with Crippen molar-refractivity contribution < 1.29 is 17.9 Å². The van der Waals surface area contributed by atoms with E-state index in [-0.39, 0.29) is 16.7 Å². The van der Waals surface area contributed by atoms with Gasteiger partial charge in [0.15, 0.2) is 0 Å². The summed E-state index contributed by atoms with van der Waals surface area (Å²) in [5, 5.41) is 2.78. The molecule has 1 atom stereocenters. The minimum Gasteiger partial charge on any atom is -0.495 e. The fourth-order valence-corrected chi connectivity index (χ4v) is 4.18. The third kappa shape index (κ3) is 4.08. The monoisotopic (exact) mass is 354 g/mol. The molecule has 1 unspecified atom stereocenters. The predicted molar refractivity (Wildman–Crippen MR) is 93.7 cm³/mol. The van der Waals surface area contributed by atoms with E-state index in [2.05, 4.69) is 5.32 Å². The molecule has 0 saturated carbocycles. The van der Waals surface area contributed by atoms with Gasteiger partial charge in [-0.05, 0) is 37.5 Å². The number of methoxy groups -OCH3 is 1. The molecule has 0 bridgehead atoms. The van der Waals surface area contributed by atoms with Crippen LogP contribution in [0.2, 0.25) is 0 Å². The minimum atomic E-state index is -3.54. The van der Waals surface area contributed by atoms with Gasteiger partial charge in [-0.25, -0.2) is 8.42 Å². The number of carbonyl (C=O) groups excluding carboxylic acids is 1. The maximum atomic E-state index is 12.8. The number of anilines is 1. The Kier molecular flexibility index (Phi) is 6.23. The average molecular weight is 354 g/mol. The molecule has 0 spiro atoms. The van der Waals surface area contributed by atoms with Crippen LogP contribution in [0, 0.1) is 5.92 Å². The quantitative estimate of drug-likeness (QED) is 0.852. The summed E-state index contributed by atoms with van der Waals surface area (Å²) >= 11 is 0. The third-order valence-electron chi connectivity index (χ3n) is 4.44. The molecule has 1 aliphatic heterocycles. The van der Waals surface area contributed by atoms with Crippen LogP contribution in [0.25, 0.3) is 0 Å². The Balaban J connectivity index is 2.32. The molecule has 6 nitrogen and oxygen atoms in total. The van der Waals surface area contributed by atoms with Crippen LogP contribution < -0.4 is 10.1 Å². The van der Waals surface area contributed by atoms with Crippen molar-refractivity contribution in [1.29, 1.82) is 0 Å². The zero-order chi connectivity index (χ0) is 17.7. The van der Waals surface area contributed by atoms with Crippen molar-refractivity contribution in [2.75, 3.05) is 25.5 Å². The number of hydrogen-bond donors (Lipinski definition) is 1. The van der Waals surface area contributed by atoms with Crippen LogP contribution in [0.15, 0.2) is 23.1 Å². The van der Waals surface area contributed by atoms with E-state index in [0.717, 1.165) is 19.3 Å². The van der Waals surface area contributed by atoms with Crippen molar-refractivity contribution in [3.63, 3.8) is 0 Å². The Morgan fingerprint density at radius 3 is 2.54 bits per heavy atom. The van der Waals surface area contributed by atoms with Gasteiger partial charge < -0.3 is 10.1 Å². The van der Waals surface area contributed by atoms with Gasteiger partial charge in [0, 0.05) is 19.0 Å². The number of nitrogens with one attached hydrogen (secondary N) is 1. The molecule has 1 saturated heterocycles. The fourth-order valence-electron chi connectivity index (χ4n) is 2.64. The predicted octanol–water partition coefficient (Wildman–Crippen LogP) is 2.85. The molecule has 2 rings (SSSR count). The highest BCUT2D eigenvalue weighted by Crippen LogP contribution is 2.30. The Morgan fingerprint density at radius 1 is 1.29 bits per heavy atom. The molecular weight excluding hydrogens is 328 g/mol. The highest BCUT2D eigenvalue weighted by Gasteiger charge is 2.27. The van der Waals surface area contributed by atoms with E-state index in [0.29, 0.717) is 30.9 Å². The Labute approximate surface area is 144 Å². The van der Waals surface area contributed by atoms with Crippen molar-refractivity contribution in [3.05, 3.63) is 18.2 Å². The second kappa shape index (κ2) is 7.98. The Hall–Kier alpha value is -1.60. The molecule has 24 heavy (non-hydrogen) atoms. The first-order valence-electron chi connectivity index (χ1n) is 8.39. The summed E-state index contributed by atoms with van der Waals surface area (Å²) in [6, 6.07) is 4.60. The van der Waals surface area contributed by atoms with Crippen LogP contribution in [0.3, 0.4) is 0 Å². The molecule has 7 heteroatoms. The first kappa shape index (κ1) is 18.7. The van der Waals surface area contributed by atoms with E-state index in [9.17, 15) is 13.2 Å². The lowest BCUT2D eigenvalue weighted by molar-refractivity contribution is -0.119. The van der Waals surface area contributed by atoms with Crippen molar-refractivity contribution >= 4 is 21.6 Å². The zero-order valence-electron chi connectivity index (χ0n) is 14.5. The van der Waals surface area contributed by atoms with Crippen molar-refractivity contribution in [2.24, 2.45) is 5.92 Å². The van der Waals surface area contributed by atoms with Crippen LogP contribution in [0.4, 0.5) is 5.69 Å². The van der Waals surface area contributed by atoms with Gasteiger partial charge in [-0.15, -0.1) is 0 Å². The number of piperidine rings is 1. The number of carbonyl (C=O) groups is 1. The number of ether oxygens (including phenoxy) is 1. The second-order valence-corrected chi connectivity index (χ2v) is 8.06. The van der Waals surface area contributed by atoms with Crippen molar-refractivity contribution in [3.8, 4) is 5.75 Å². The van der Waals surface area contributed by atoms with E-state index in [1.54, 1.807) is 6.07 Å². The smallest absolute Gasteiger partial charge is 0.243 e. The fraction of sp³-hybridized carbons (Fsp3) is 0.588. The largest absolute Gasteiger partial charge is 0.495 e. The molecule has 0 aliphatic carbocycles. The molecule has 1 amide bonds. The second-order valence-electron chi connectivity index (χ2n) is 6.13. The van der Waals surface area contributed by atoms with Crippen LogP contribution >= 0.6 is 0 Å². The van der Waals surface area contributed by atoms with E-state index >= 15 is 0 Å². The summed E-state index contributed by atoms with van der Waals surface area (Å²) in [5.74, 6) is 0.143. The molecule has 0 radical (unpaired) electrons. The molecule has 1 fully saturated rings. The molecule has 134 valence electrons. The zero-order valence-corrected chi connectivity index (χ0v) is 15.4.